The van der Waals surface area contributed by atoms with Crippen molar-refractivity contribution in [3.8, 4) is 0 Å². The van der Waals surface area contributed by atoms with Crippen LogP contribution in [0.5, 0.6) is 0 Å². The van der Waals surface area contributed by atoms with Gasteiger partial charge in [0.2, 0.25) is 0 Å². The summed E-state index contributed by atoms with van der Waals surface area (Å²) in [6.45, 7) is 2.27. The Bertz CT molecular complexity index is 1000. The van der Waals surface area contributed by atoms with Crippen molar-refractivity contribution in [2.45, 2.75) is 19.6 Å². The lowest BCUT2D eigenvalue weighted by molar-refractivity contribution is -0.137. The van der Waals surface area contributed by atoms with E-state index in [9.17, 15) is 18.0 Å². The molecule has 29 heavy (non-hydrogen) atoms. The molecule has 1 amide bonds. The van der Waals surface area contributed by atoms with E-state index in [2.05, 4.69) is 5.32 Å². The Kier molecular flexibility index (Phi) is 5.92. The second-order valence-electron chi connectivity index (χ2n) is 6.84. The molecule has 0 unspecified atom stereocenters. The SMILES string of the molecule is Cc1ccccc1C(=O)Nc1cc(C(F)(F)F)ccc1N(C)Cc1ccccc1. The molecule has 0 bridgehead atoms. The maximum Gasteiger partial charge on any atom is 0.416 e. The highest BCUT2D eigenvalue weighted by Crippen LogP contribution is 2.36. The van der Waals surface area contributed by atoms with Crippen LogP contribution in [0.25, 0.3) is 0 Å². The highest BCUT2D eigenvalue weighted by molar-refractivity contribution is 6.06. The van der Waals surface area contributed by atoms with E-state index >= 15 is 0 Å². The van der Waals surface area contributed by atoms with Gasteiger partial charge in [0, 0.05) is 19.2 Å². The topological polar surface area (TPSA) is 32.3 Å². The number of alkyl halides is 3. The highest BCUT2D eigenvalue weighted by atomic mass is 19.4. The molecule has 0 aliphatic rings. The Hall–Kier alpha value is -3.28. The monoisotopic (exact) mass is 398 g/mol. The lowest BCUT2D eigenvalue weighted by Crippen LogP contribution is -2.21. The fourth-order valence-corrected chi connectivity index (χ4v) is 3.11. The summed E-state index contributed by atoms with van der Waals surface area (Å²) in [6.07, 6.45) is -4.50. The van der Waals surface area contributed by atoms with Gasteiger partial charge in [0.15, 0.2) is 0 Å². The van der Waals surface area contributed by atoms with Crippen molar-refractivity contribution in [3.63, 3.8) is 0 Å². The van der Waals surface area contributed by atoms with Crippen molar-refractivity contribution < 1.29 is 18.0 Å². The maximum absolute atomic E-state index is 13.2. The van der Waals surface area contributed by atoms with Gasteiger partial charge in [-0.3, -0.25) is 4.79 Å². The zero-order valence-corrected chi connectivity index (χ0v) is 16.1. The van der Waals surface area contributed by atoms with E-state index in [0.29, 0.717) is 17.8 Å². The van der Waals surface area contributed by atoms with E-state index in [1.807, 2.05) is 35.2 Å². The number of carbonyl (C=O) groups excluding carboxylic acids is 1. The molecule has 3 aromatic rings. The van der Waals surface area contributed by atoms with E-state index in [4.69, 9.17) is 0 Å². The van der Waals surface area contributed by atoms with E-state index in [1.165, 1.54) is 6.07 Å². The van der Waals surface area contributed by atoms with Gasteiger partial charge in [-0.2, -0.15) is 13.2 Å². The lowest BCUT2D eigenvalue weighted by Gasteiger charge is -2.24. The minimum Gasteiger partial charge on any atom is -0.369 e. The van der Waals surface area contributed by atoms with E-state index in [-0.39, 0.29) is 5.69 Å². The number of halogens is 3. The van der Waals surface area contributed by atoms with Gasteiger partial charge < -0.3 is 10.2 Å². The smallest absolute Gasteiger partial charge is 0.369 e. The predicted molar refractivity (Wildman–Crippen MR) is 109 cm³/mol. The molecule has 0 saturated heterocycles. The van der Waals surface area contributed by atoms with Gasteiger partial charge in [0.05, 0.1) is 16.9 Å². The van der Waals surface area contributed by atoms with Crippen molar-refractivity contribution in [1.29, 1.82) is 0 Å². The second kappa shape index (κ2) is 8.39. The van der Waals surface area contributed by atoms with Gasteiger partial charge in [0.25, 0.3) is 5.91 Å². The number of rotatable bonds is 5. The molecule has 0 heterocycles. The Morgan fingerprint density at radius 1 is 0.966 bits per heavy atom. The molecule has 3 aromatic carbocycles. The van der Waals surface area contributed by atoms with Crippen LogP contribution < -0.4 is 10.2 Å². The number of nitrogens with zero attached hydrogens (tertiary/aromatic N) is 1. The van der Waals surface area contributed by atoms with Crippen LogP contribution >= 0.6 is 0 Å². The molecular weight excluding hydrogens is 377 g/mol. The Labute approximate surface area is 167 Å². The van der Waals surface area contributed by atoms with Gasteiger partial charge >= 0.3 is 6.18 Å². The van der Waals surface area contributed by atoms with Gasteiger partial charge in [-0.1, -0.05) is 48.5 Å². The zero-order chi connectivity index (χ0) is 21.0. The summed E-state index contributed by atoms with van der Waals surface area (Å²) < 4.78 is 39.7. The molecule has 0 atom stereocenters. The van der Waals surface area contributed by atoms with Crippen molar-refractivity contribution in [2.24, 2.45) is 0 Å². The summed E-state index contributed by atoms with van der Waals surface area (Å²) in [7, 11) is 1.78. The summed E-state index contributed by atoms with van der Waals surface area (Å²) >= 11 is 0. The molecule has 150 valence electrons. The first-order valence-electron chi connectivity index (χ1n) is 9.09. The molecule has 0 radical (unpaired) electrons. The summed E-state index contributed by atoms with van der Waals surface area (Å²) in [4.78, 5) is 14.5. The summed E-state index contributed by atoms with van der Waals surface area (Å²) in [6, 6.07) is 19.9. The summed E-state index contributed by atoms with van der Waals surface area (Å²) in [5.41, 5.74) is 1.98. The van der Waals surface area contributed by atoms with Gasteiger partial charge in [0.1, 0.15) is 0 Å². The fourth-order valence-electron chi connectivity index (χ4n) is 3.11. The van der Waals surface area contributed by atoms with Crippen LogP contribution in [0.4, 0.5) is 24.5 Å². The van der Waals surface area contributed by atoms with E-state index < -0.39 is 17.6 Å². The van der Waals surface area contributed by atoms with Crippen molar-refractivity contribution in [2.75, 3.05) is 17.3 Å². The minimum atomic E-state index is -4.50. The molecule has 0 aromatic heterocycles. The van der Waals surface area contributed by atoms with Crippen LogP contribution in [-0.4, -0.2) is 13.0 Å². The molecule has 0 spiro atoms. The van der Waals surface area contributed by atoms with Gasteiger partial charge in [-0.25, -0.2) is 0 Å². The molecular formula is C23H21F3N2O. The summed E-state index contributed by atoms with van der Waals surface area (Å²) in [5.74, 6) is -0.447. The third kappa shape index (κ3) is 4.96. The Morgan fingerprint density at radius 2 is 1.62 bits per heavy atom. The number of amides is 1. The molecule has 0 fully saturated rings. The summed E-state index contributed by atoms with van der Waals surface area (Å²) in [5, 5.41) is 2.67. The molecule has 0 aliphatic heterocycles. The maximum atomic E-state index is 13.2. The molecule has 1 N–H and O–H groups in total. The van der Waals surface area contributed by atoms with E-state index in [0.717, 1.165) is 23.3 Å². The van der Waals surface area contributed by atoms with Crippen LogP contribution in [0.15, 0.2) is 72.8 Å². The number of hydrogen-bond donors (Lipinski definition) is 1. The molecule has 0 aliphatic carbocycles. The number of anilines is 2. The van der Waals surface area contributed by atoms with E-state index in [1.54, 1.807) is 38.2 Å². The second-order valence-corrected chi connectivity index (χ2v) is 6.84. The molecule has 3 nitrogen and oxygen atoms in total. The Morgan fingerprint density at radius 3 is 2.28 bits per heavy atom. The molecule has 3 rings (SSSR count). The van der Waals surface area contributed by atoms with Gasteiger partial charge in [-0.15, -0.1) is 0 Å². The number of benzene rings is 3. The number of nitrogens with one attached hydrogen (secondary N) is 1. The van der Waals surface area contributed by atoms with Crippen molar-refractivity contribution >= 4 is 17.3 Å². The van der Waals surface area contributed by atoms with Crippen LogP contribution in [-0.2, 0) is 12.7 Å². The first kappa shape index (κ1) is 20.5. The first-order chi connectivity index (χ1) is 13.8. The van der Waals surface area contributed by atoms with Crippen molar-refractivity contribution in [3.05, 3.63) is 95.1 Å². The average molecular weight is 398 g/mol. The fraction of sp³-hybridized carbons (Fsp3) is 0.174. The van der Waals surface area contributed by atoms with Gasteiger partial charge in [-0.05, 0) is 42.3 Å². The van der Waals surface area contributed by atoms with Crippen LogP contribution in [0.1, 0.15) is 27.0 Å². The number of carbonyl (C=O) groups is 1. The van der Waals surface area contributed by atoms with Crippen LogP contribution in [0, 0.1) is 6.92 Å². The number of hydrogen-bond acceptors (Lipinski definition) is 2. The predicted octanol–water partition coefficient (Wildman–Crippen LogP) is 5.90. The third-order valence-corrected chi connectivity index (χ3v) is 4.64. The highest BCUT2D eigenvalue weighted by Gasteiger charge is 2.31. The third-order valence-electron chi connectivity index (χ3n) is 4.64. The van der Waals surface area contributed by atoms with Crippen LogP contribution in [0.2, 0.25) is 0 Å². The largest absolute Gasteiger partial charge is 0.416 e. The Balaban J connectivity index is 1.95. The average Bonchev–Trinajstić information content (AvgIpc) is 2.68. The normalized spacial score (nSPS) is 11.2. The zero-order valence-electron chi connectivity index (χ0n) is 16.1. The number of aryl methyl sites for hydroxylation is 1. The standard InChI is InChI=1S/C23H21F3N2O/c1-16-8-6-7-11-19(16)22(29)27-20-14-18(23(24,25)26)12-13-21(20)28(2)15-17-9-4-3-5-10-17/h3-14H,15H2,1-2H3,(H,27,29). The van der Waals surface area contributed by atoms with Crippen LogP contribution in [0.3, 0.4) is 0 Å². The lowest BCUT2D eigenvalue weighted by atomic mass is 10.1. The molecule has 0 saturated carbocycles. The molecule has 6 heteroatoms. The minimum absolute atomic E-state index is 0.117. The first-order valence-corrected chi connectivity index (χ1v) is 9.09. The quantitative estimate of drug-likeness (QED) is 0.580. The van der Waals surface area contributed by atoms with Crippen molar-refractivity contribution in [1.82, 2.24) is 0 Å².